The first-order chi connectivity index (χ1) is 10.6. The van der Waals surface area contributed by atoms with Crippen molar-refractivity contribution in [3.63, 3.8) is 0 Å². The largest absolute Gasteiger partial charge is 0.212 e. The fourth-order valence-electron chi connectivity index (χ4n) is 3.10. The Kier molecular flexibility index (Phi) is 3.81. The van der Waals surface area contributed by atoms with E-state index < -0.39 is 0 Å². The van der Waals surface area contributed by atoms with Gasteiger partial charge in [0, 0.05) is 17.7 Å². The summed E-state index contributed by atoms with van der Waals surface area (Å²) < 4.78 is 2.18. The summed E-state index contributed by atoms with van der Waals surface area (Å²) >= 11 is 0. The number of aryl methyl sites for hydroxylation is 4. The van der Waals surface area contributed by atoms with E-state index >= 15 is 0 Å². The van der Waals surface area contributed by atoms with Crippen LogP contribution in [0.15, 0.2) is 60.8 Å². The maximum Gasteiger partial charge on any atom is 0.212 e. The summed E-state index contributed by atoms with van der Waals surface area (Å²) in [5.74, 6) is 0. The molecule has 3 rings (SSSR count). The van der Waals surface area contributed by atoms with Crippen LogP contribution in [0.5, 0.6) is 0 Å². The van der Waals surface area contributed by atoms with Crippen molar-refractivity contribution in [2.75, 3.05) is 0 Å². The molecule has 0 bridgehead atoms. The molecule has 110 valence electrons. The topological polar surface area (TPSA) is 3.88 Å². The van der Waals surface area contributed by atoms with E-state index in [-0.39, 0.29) is 0 Å². The highest BCUT2D eigenvalue weighted by atomic mass is 14.9. The molecule has 2 aromatic carbocycles. The Bertz CT molecular complexity index is 764. The average Bonchev–Trinajstić information content (AvgIpc) is 2.50. The Morgan fingerprint density at radius 2 is 1.32 bits per heavy atom. The highest BCUT2D eigenvalue weighted by molar-refractivity contribution is 5.77. The Hall–Kier alpha value is -2.41. The first-order valence-electron chi connectivity index (χ1n) is 7.70. The van der Waals surface area contributed by atoms with Crippen LogP contribution in [0.1, 0.15) is 16.7 Å². The number of hydrogen-bond acceptors (Lipinski definition) is 0. The summed E-state index contributed by atoms with van der Waals surface area (Å²) in [6.45, 7) is 6.57. The van der Waals surface area contributed by atoms with Gasteiger partial charge in [0.1, 0.15) is 7.05 Å². The van der Waals surface area contributed by atoms with E-state index in [0.29, 0.717) is 0 Å². The maximum absolute atomic E-state index is 2.34. The molecule has 0 N–H and O–H groups in total. The van der Waals surface area contributed by atoms with E-state index in [1.165, 1.54) is 39.1 Å². The zero-order valence-electron chi connectivity index (χ0n) is 13.7. The molecule has 0 saturated heterocycles. The predicted molar refractivity (Wildman–Crippen MR) is 92.7 cm³/mol. The Balaban J connectivity index is 2.25. The maximum atomic E-state index is 2.34. The van der Waals surface area contributed by atoms with Gasteiger partial charge in [0.25, 0.3) is 0 Å². The van der Waals surface area contributed by atoms with Crippen LogP contribution in [0, 0.1) is 20.8 Å². The third kappa shape index (κ3) is 2.55. The highest BCUT2D eigenvalue weighted by Crippen LogP contribution is 2.32. The average molecular weight is 288 g/mol. The third-order valence-corrected chi connectivity index (χ3v) is 4.34. The molecule has 1 nitrogen and oxygen atoms in total. The van der Waals surface area contributed by atoms with Crippen molar-refractivity contribution < 1.29 is 4.57 Å². The van der Waals surface area contributed by atoms with Crippen molar-refractivity contribution >= 4 is 0 Å². The minimum atomic E-state index is 1.25. The van der Waals surface area contributed by atoms with Gasteiger partial charge in [-0.25, -0.2) is 4.57 Å². The first kappa shape index (κ1) is 14.5. The SMILES string of the molecule is Cc1ccccc1-c1cc(-c2cccc[n+]2C)c(C)cc1C. The van der Waals surface area contributed by atoms with Gasteiger partial charge in [0.05, 0.1) is 0 Å². The van der Waals surface area contributed by atoms with Crippen LogP contribution in [0.2, 0.25) is 0 Å². The van der Waals surface area contributed by atoms with Crippen molar-refractivity contribution in [3.05, 3.63) is 77.5 Å². The van der Waals surface area contributed by atoms with E-state index in [1.54, 1.807) is 0 Å². The van der Waals surface area contributed by atoms with Crippen LogP contribution in [0.4, 0.5) is 0 Å². The van der Waals surface area contributed by atoms with Crippen LogP contribution in [0.25, 0.3) is 22.4 Å². The van der Waals surface area contributed by atoms with Crippen molar-refractivity contribution in [1.82, 2.24) is 0 Å². The first-order valence-corrected chi connectivity index (χ1v) is 7.70. The normalized spacial score (nSPS) is 10.7. The molecule has 1 heteroatoms. The lowest BCUT2D eigenvalue weighted by Gasteiger charge is -2.13. The number of rotatable bonds is 2. The molecule has 0 unspecified atom stereocenters. The number of hydrogen-bond donors (Lipinski definition) is 0. The lowest BCUT2D eigenvalue weighted by molar-refractivity contribution is -0.660. The van der Waals surface area contributed by atoms with E-state index in [9.17, 15) is 0 Å². The highest BCUT2D eigenvalue weighted by Gasteiger charge is 2.15. The van der Waals surface area contributed by atoms with Gasteiger partial charge in [-0.05, 0) is 60.7 Å². The molecule has 22 heavy (non-hydrogen) atoms. The Labute approximate surface area is 132 Å². The quantitative estimate of drug-likeness (QED) is 0.598. The number of pyridine rings is 1. The molecule has 3 aromatic rings. The second-order valence-electron chi connectivity index (χ2n) is 5.99. The molecule has 0 amide bonds. The lowest BCUT2D eigenvalue weighted by Crippen LogP contribution is -2.30. The molecule has 0 aliphatic carbocycles. The van der Waals surface area contributed by atoms with Crippen molar-refractivity contribution in [2.45, 2.75) is 20.8 Å². The smallest absolute Gasteiger partial charge is 0.201 e. The standard InChI is InChI=1S/C21H22N/c1-15-9-5-6-10-18(15)19-14-20(17(3)13-16(19)2)21-11-7-8-12-22(21)4/h5-14H,1-4H3/q+1. The van der Waals surface area contributed by atoms with Crippen LogP contribution in [0.3, 0.4) is 0 Å². The summed E-state index contributed by atoms with van der Waals surface area (Å²) in [7, 11) is 2.10. The summed E-state index contributed by atoms with van der Waals surface area (Å²) in [5, 5.41) is 0. The van der Waals surface area contributed by atoms with Gasteiger partial charge < -0.3 is 0 Å². The Morgan fingerprint density at radius 1 is 0.636 bits per heavy atom. The summed E-state index contributed by atoms with van der Waals surface area (Å²) in [6.07, 6.45) is 2.10. The molecule has 0 fully saturated rings. The third-order valence-electron chi connectivity index (χ3n) is 4.34. The van der Waals surface area contributed by atoms with Crippen molar-refractivity contribution in [2.24, 2.45) is 7.05 Å². The van der Waals surface area contributed by atoms with Crippen LogP contribution in [-0.4, -0.2) is 0 Å². The van der Waals surface area contributed by atoms with Crippen molar-refractivity contribution in [3.8, 4) is 22.4 Å². The monoisotopic (exact) mass is 288 g/mol. The van der Waals surface area contributed by atoms with Crippen LogP contribution >= 0.6 is 0 Å². The van der Waals surface area contributed by atoms with Gasteiger partial charge in [0.15, 0.2) is 6.20 Å². The van der Waals surface area contributed by atoms with Gasteiger partial charge in [-0.15, -0.1) is 0 Å². The molecule has 1 aromatic heterocycles. The molecular weight excluding hydrogens is 266 g/mol. The fourth-order valence-corrected chi connectivity index (χ4v) is 3.10. The molecule has 0 aliphatic heterocycles. The lowest BCUT2D eigenvalue weighted by atomic mass is 9.91. The number of aromatic nitrogens is 1. The van der Waals surface area contributed by atoms with E-state index in [0.717, 1.165) is 0 Å². The molecular formula is C21H22N+. The molecule has 0 saturated carbocycles. The Morgan fingerprint density at radius 3 is 2.05 bits per heavy atom. The van der Waals surface area contributed by atoms with Gasteiger partial charge in [-0.3, -0.25) is 0 Å². The zero-order valence-corrected chi connectivity index (χ0v) is 13.7. The van der Waals surface area contributed by atoms with Gasteiger partial charge in [0.2, 0.25) is 5.69 Å². The fraction of sp³-hybridized carbons (Fsp3) is 0.190. The molecule has 0 atom stereocenters. The summed E-state index contributed by atoms with van der Waals surface area (Å²) in [6, 6.07) is 19.6. The zero-order chi connectivity index (χ0) is 15.7. The van der Waals surface area contributed by atoms with E-state index in [1.807, 2.05) is 0 Å². The molecule has 0 radical (unpaired) electrons. The summed E-state index contributed by atoms with van der Waals surface area (Å²) in [5.41, 5.74) is 9.15. The number of benzene rings is 2. The van der Waals surface area contributed by atoms with Crippen molar-refractivity contribution in [1.29, 1.82) is 0 Å². The second kappa shape index (κ2) is 5.76. The van der Waals surface area contributed by atoms with Gasteiger partial charge in [-0.2, -0.15) is 0 Å². The van der Waals surface area contributed by atoms with Crippen LogP contribution < -0.4 is 4.57 Å². The van der Waals surface area contributed by atoms with Gasteiger partial charge in [-0.1, -0.05) is 30.3 Å². The number of nitrogens with zero attached hydrogens (tertiary/aromatic N) is 1. The predicted octanol–water partition coefficient (Wildman–Crippen LogP) is 4.77. The summed E-state index contributed by atoms with van der Waals surface area (Å²) in [4.78, 5) is 0. The molecule has 0 aliphatic rings. The van der Waals surface area contributed by atoms with Crippen LogP contribution in [-0.2, 0) is 7.05 Å². The molecule has 1 heterocycles. The minimum absolute atomic E-state index is 1.25. The second-order valence-corrected chi connectivity index (χ2v) is 5.99. The molecule has 0 spiro atoms. The van der Waals surface area contributed by atoms with Gasteiger partial charge >= 0.3 is 0 Å². The minimum Gasteiger partial charge on any atom is -0.201 e. The van der Waals surface area contributed by atoms with E-state index in [2.05, 4.69) is 93.2 Å². The van der Waals surface area contributed by atoms with E-state index in [4.69, 9.17) is 0 Å².